The van der Waals surface area contributed by atoms with E-state index in [2.05, 4.69) is 0 Å². The number of amides is 1. The van der Waals surface area contributed by atoms with Crippen molar-refractivity contribution in [2.75, 3.05) is 19.7 Å². The van der Waals surface area contributed by atoms with Gasteiger partial charge in [0.1, 0.15) is 17.5 Å². The molecule has 1 aromatic rings. The quantitative estimate of drug-likeness (QED) is 0.892. The summed E-state index contributed by atoms with van der Waals surface area (Å²) in [6.07, 6.45) is 0.127. The van der Waals surface area contributed by atoms with Gasteiger partial charge in [-0.1, -0.05) is 26.0 Å². The Morgan fingerprint density at radius 2 is 2.00 bits per heavy atom. The van der Waals surface area contributed by atoms with Crippen LogP contribution in [-0.4, -0.2) is 48.3 Å². The molecule has 1 heterocycles. The van der Waals surface area contributed by atoms with Crippen LogP contribution in [0.3, 0.4) is 0 Å². The van der Waals surface area contributed by atoms with Crippen LogP contribution in [0.2, 0.25) is 0 Å². The Morgan fingerprint density at radius 1 is 1.35 bits per heavy atom. The Kier molecular flexibility index (Phi) is 5.12. The van der Waals surface area contributed by atoms with E-state index in [-0.39, 0.29) is 30.0 Å². The average molecular weight is 364 g/mol. The third-order valence-corrected chi connectivity index (χ3v) is 6.00. The zero-order chi connectivity index (χ0) is 19.1. The van der Waals surface area contributed by atoms with Crippen LogP contribution in [0.1, 0.15) is 45.8 Å². The summed E-state index contributed by atoms with van der Waals surface area (Å²) in [4.78, 5) is 15.1. The van der Waals surface area contributed by atoms with Crippen molar-refractivity contribution in [3.8, 4) is 0 Å². The van der Waals surface area contributed by atoms with E-state index >= 15 is 0 Å². The first-order valence-electron chi connectivity index (χ1n) is 9.30. The molecule has 1 saturated heterocycles. The minimum atomic E-state index is -0.933. The molecule has 26 heavy (non-hydrogen) atoms. The first-order chi connectivity index (χ1) is 12.2. The van der Waals surface area contributed by atoms with Gasteiger partial charge in [-0.25, -0.2) is 4.39 Å². The number of nitrogens with two attached hydrogens (primary N) is 1. The van der Waals surface area contributed by atoms with Crippen LogP contribution in [0.25, 0.3) is 0 Å². The molecule has 1 aliphatic carbocycles. The minimum absolute atomic E-state index is 0.00666. The lowest BCUT2D eigenvalue weighted by Crippen LogP contribution is -2.76. The fourth-order valence-electron chi connectivity index (χ4n) is 4.06. The Labute approximate surface area is 154 Å². The second kappa shape index (κ2) is 6.91. The van der Waals surface area contributed by atoms with Gasteiger partial charge in [-0.2, -0.15) is 0 Å². The van der Waals surface area contributed by atoms with E-state index in [1.54, 1.807) is 17.0 Å². The summed E-state index contributed by atoms with van der Waals surface area (Å²) in [6, 6.07) is 6.24. The highest BCUT2D eigenvalue weighted by Gasteiger charge is 2.64. The Hall–Kier alpha value is -1.50. The van der Waals surface area contributed by atoms with E-state index in [0.29, 0.717) is 26.1 Å². The molecule has 4 atom stereocenters. The molecule has 1 saturated carbocycles. The van der Waals surface area contributed by atoms with E-state index in [0.717, 1.165) is 5.56 Å². The lowest BCUT2D eigenvalue weighted by Gasteiger charge is -2.59. The van der Waals surface area contributed by atoms with Crippen molar-refractivity contribution in [3.05, 3.63) is 35.6 Å². The topological polar surface area (TPSA) is 64.8 Å². The molecule has 2 N–H and O–H groups in total. The minimum Gasteiger partial charge on any atom is -0.378 e. The van der Waals surface area contributed by atoms with Crippen molar-refractivity contribution >= 4 is 5.91 Å². The van der Waals surface area contributed by atoms with Gasteiger partial charge in [-0.15, -0.1) is 0 Å². The SMILES string of the molecule is CCOC1CC(N)(C(=O)N2CC(C)OC(c3ccc(F)cc3)C2)C1(C)C. The lowest BCUT2D eigenvalue weighted by atomic mass is 9.54. The van der Waals surface area contributed by atoms with Gasteiger partial charge >= 0.3 is 0 Å². The van der Waals surface area contributed by atoms with Crippen LogP contribution < -0.4 is 5.73 Å². The van der Waals surface area contributed by atoms with E-state index in [4.69, 9.17) is 15.2 Å². The average Bonchev–Trinajstić information content (AvgIpc) is 2.60. The van der Waals surface area contributed by atoms with Crippen molar-refractivity contribution in [3.63, 3.8) is 0 Å². The summed E-state index contributed by atoms with van der Waals surface area (Å²) in [5.74, 6) is -0.342. The Morgan fingerprint density at radius 3 is 2.58 bits per heavy atom. The van der Waals surface area contributed by atoms with Gasteiger partial charge in [0.2, 0.25) is 5.91 Å². The van der Waals surface area contributed by atoms with Crippen molar-refractivity contribution in [1.82, 2.24) is 4.90 Å². The van der Waals surface area contributed by atoms with Gasteiger partial charge in [0.15, 0.2) is 0 Å². The zero-order valence-corrected chi connectivity index (χ0v) is 16.0. The zero-order valence-electron chi connectivity index (χ0n) is 16.0. The maximum atomic E-state index is 13.3. The van der Waals surface area contributed by atoms with E-state index in [1.807, 2.05) is 27.7 Å². The molecule has 1 aromatic carbocycles. The van der Waals surface area contributed by atoms with Gasteiger partial charge in [-0.3, -0.25) is 4.79 Å². The number of carbonyl (C=O) groups is 1. The monoisotopic (exact) mass is 364 g/mol. The van der Waals surface area contributed by atoms with Crippen molar-refractivity contribution in [2.24, 2.45) is 11.1 Å². The summed E-state index contributed by atoms with van der Waals surface area (Å²) in [6.45, 7) is 9.42. The van der Waals surface area contributed by atoms with Crippen LogP contribution in [0.5, 0.6) is 0 Å². The van der Waals surface area contributed by atoms with Gasteiger partial charge in [0.25, 0.3) is 0 Å². The van der Waals surface area contributed by atoms with Gasteiger partial charge < -0.3 is 20.1 Å². The molecule has 0 spiro atoms. The van der Waals surface area contributed by atoms with Crippen LogP contribution in [0.4, 0.5) is 4.39 Å². The smallest absolute Gasteiger partial charge is 0.243 e. The number of hydrogen-bond donors (Lipinski definition) is 1. The highest BCUT2D eigenvalue weighted by Crippen LogP contribution is 2.51. The lowest BCUT2D eigenvalue weighted by molar-refractivity contribution is -0.187. The first-order valence-corrected chi connectivity index (χ1v) is 9.30. The molecule has 3 rings (SSSR count). The number of carbonyl (C=O) groups excluding carboxylic acids is 1. The first kappa shape index (κ1) is 19.3. The van der Waals surface area contributed by atoms with Crippen molar-refractivity contribution in [1.29, 1.82) is 0 Å². The summed E-state index contributed by atoms with van der Waals surface area (Å²) in [5.41, 5.74) is 6.07. The summed E-state index contributed by atoms with van der Waals surface area (Å²) < 4.78 is 24.9. The van der Waals surface area contributed by atoms with Crippen LogP contribution in [-0.2, 0) is 14.3 Å². The molecule has 6 heteroatoms. The van der Waals surface area contributed by atoms with Crippen molar-refractivity contribution < 1.29 is 18.7 Å². The maximum Gasteiger partial charge on any atom is 0.243 e. The molecule has 4 unspecified atom stereocenters. The number of rotatable bonds is 4. The van der Waals surface area contributed by atoms with Crippen LogP contribution >= 0.6 is 0 Å². The van der Waals surface area contributed by atoms with E-state index in [1.165, 1.54) is 12.1 Å². The standard InChI is InChI=1S/C20H29FN2O3/c1-5-25-17-10-20(22,19(17,3)4)18(24)23-11-13(2)26-16(12-23)14-6-8-15(21)9-7-14/h6-9,13,16-17H,5,10-12,22H2,1-4H3. The molecule has 2 fully saturated rings. The summed E-state index contributed by atoms with van der Waals surface area (Å²) in [5, 5.41) is 0. The number of hydrogen-bond acceptors (Lipinski definition) is 4. The number of nitrogens with zero attached hydrogens (tertiary/aromatic N) is 1. The van der Waals surface area contributed by atoms with E-state index in [9.17, 15) is 9.18 Å². The highest BCUT2D eigenvalue weighted by atomic mass is 19.1. The summed E-state index contributed by atoms with van der Waals surface area (Å²) in [7, 11) is 0. The third-order valence-electron chi connectivity index (χ3n) is 6.00. The number of ether oxygens (including phenoxy) is 2. The fraction of sp³-hybridized carbons (Fsp3) is 0.650. The van der Waals surface area contributed by atoms with Gasteiger partial charge in [0, 0.05) is 25.0 Å². The summed E-state index contributed by atoms with van der Waals surface area (Å²) >= 11 is 0. The predicted molar refractivity (Wildman–Crippen MR) is 97.0 cm³/mol. The molecule has 0 bridgehead atoms. The molecular formula is C20H29FN2O3. The molecule has 1 aliphatic heterocycles. The molecular weight excluding hydrogens is 335 g/mol. The Balaban J connectivity index is 1.76. The molecule has 0 radical (unpaired) electrons. The van der Waals surface area contributed by atoms with Crippen LogP contribution in [0.15, 0.2) is 24.3 Å². The molecule has 2 aliphatic rings. The third kappa shape index (κ3) is 3.15. The fourth-order valence-corrected chi connectivity index (χ4v) is 4.06. The molecule has 144 valence electrons. The second-order valence-electron chi connectivity index (χ2n) is 8.04. The number of halogens is 1. The number of morpholine rings is 1. The highest BCUT2D eigenvalue weighted by molar-refractivity contribution is 5.89. The molecule has 1 amide bonds. The van der Waals surface area contributed by atoms with Crippen LogP contribution in [0, 0.1) is 11.2 Å². The second-order valence-corrected chi connectivity index (χ2v) is 8.04. The Bertz CT molecular complexity index is 664. The molecule has 0 aromatic heterocycles. The van der Waals surface area contributed by atoms with Gasteiger partial charge in [-0.05, 0) is 31.5 Å². The normalized spacial score (nSPS) is 33.6. The number of benzene rings is 1. The maximum absolute atomic E-state index is 13.3. The molecule has 5 nitrogen and oxygen atoms in total. The van der Waals surface area contributed by atoms with Gasteiger partial charge in [0.05, 0.1) is 18.8 Å². The van der Waals surface area contributed by atoms with E-state index < -0.39 is 11.0 Å². The predicted octanol–water partition coefficient (Wildman–Crippen LogP) is 2.65. The largest absolute Gasteiger partial charge is 0.378 e. The van der Waals surface area contributed by atoms with Crippen molar-refractivity contribution in [2.45, 2.75) is 58.0 Å².